The van der Waals surface area contributed by atoms with Gasteiger partial charge in [-0.05, 0) is 62.6 Å². The zero-order valence-electron chi connectivity index (χ0n) is 17.6. The van der Waals surface area contributed by atoms with Crippen molar-refractivity contribution in [2.45, 2.75) is 52.0 Å². The Bertz CT molecular complexity index is 933. The second kappa shape index (κ2) is 10.1. The molecule has 1 fully saturated rings. The van der Waals surface area contributed by atoms with Gasteiger partial charge in [0.15, 0.2) is 5.78 Å². The SMILES string of the molecule is CC(=O)c1cccc(NC(=O)CNc2ccc(C(=O)NC3CCCCC3)cc2C)c1. The van der Waals surface area contributed by atoms with Gasteiger partial charge in [-0.1, -0.05) is 31.4 Å². The Morgan fingerprint density at radius 1 is 0.967 bits per heavy atom. The minimum absolute atomic E-state index is 0.0420. The highest BCUT2D eigenvalue weighted by Crippen LogP contribution is 2.20. The van der Waals surface area contributed by atoms with Crippen molar-refractivity contribution in [3.8, 4) is 0 Å². The topological polar surface area (TPSA) is 87.3 Å². The molecule has 158 valence electrons. The van der Waals surface area contributed by atoms with Crippen molar-refractivity contribution in [3.63, 3.8) is 0 Å². The first kappa shape index (κ1) is 21.6. The van der Waals surface area contributed by atoms with Gasteiger partial charge in [-0.3, -0.25) is 14.4 Å². The summed E-state index contributed by atoms with van der Waals surface area (Å²) in [4.78, 5) is 36.2. The lowest BCUT2D eigenvalue weighted by Crippen LogP contribution is -2.36. The fraction of sp³-hybridized carbons (Fsp3) is 0.375. The molecule has 3 rings (SSSR count). The third kappa shape index (κ3) is 5.92. The van der Waals surface area contributed by atoms with E-state index in [1.165, 1.54) is 26.2 Å². The molecule has 0 bridgehead atoms. The van der Waals surface area contributed by atoms with Crippen molar-refractivity contribution >= 4 is 29.0 Å². The van der Waals surface area contributed by atoms with E-state index in [9.17, 15) is 14.4 Å². The summed E-state index contributed by atoms with van der Waals surface area (Å²) < 4.78 is 0. The van der Waals surface area contributed by atoms with Gasteiger partial charge in [0.25, 0.3) is 5.91 Å². The smallest absolute Gasteiger partial charge is 0.251 e. The van der Waals surface area contributed by atoms with Gasteiger partial charge in [-0.2, -0.15) is 0 Å². The Morgan fingerprint density at radius 2 is 1.73 bits per heavy atom. The maximum Gasteiger partial charge on any atom is 0.251 e. The van der Waals surface area contributed by atoms with E-state index in [0.717, 1.165) is 24.1 Å². The number of amides is 2. The van der Waals surface area contributed by atoms with Crippen molar-refractivity contribution < 1.29 is 14.4 Å². The number of aryl methyl sites for hydroxylation is 1. The van der Waals surface area contributed by atoms with E-state index in [1.54, 1.807) is 30.3 Å². The highest BCUT2D eigenvalue weighted by Gasteiger charge is 2.17. The van der Waals surface area contributed by atoms with Crippen LogP contribution in [0, 0.1) is 6.92 Å². The molecule has 30 heavy (non-hydrogen) atoms. The quantitative estimate of drug-likeness (QED) is 0.597. The summed E-state index contributed by atoms with van der Waals surface area (Å²) in [5, 5.41) is 9.02. The number of Topliss-reactive ketones (excluding diaryl/α,β-unsaturated/α-hetero) is 1. The third-order valence-electron chi connectivity index (χ3n) is 5.42. The lowest BCUT2D eigenvalue weighted by atomic mass is 9.95. The predicted octanol–water partition coefficient (Wildman–Crippen LogP) is 4.31. The molecule has 1 aliphatic rings. The van der Waals surface area contributed by atoms with Crippen LogP contribution < -0.4 is 16.0 Å². The van der Waals surface area contributed by atoms with E-state index >= 15 is 0 Å². The molecule has 6 nitrogen and oxygen atoms in total. The summed E-state index contributed by atoms with van der Waals surface area (Å²) in [5.41, 5.74) is 3.48. The van der Waals surface area contributed by atoms with Crippen LogP contribution in [0.25, 0.3) is 0 Å². The Balaban J connectivity index is 1.54. The summed E-state index contributed by atoms with van der Waals surface area (Å²) in [7, 11) is 0. The van der Waals surface area contributed by atoms with Crippen LogP contribution in [0.3, 0.4) is 0 Å². The van der Waals surface area contributed by atoms with E-state index in [-0.39, 0.29) is 30.2 Å². The molecule has 0 saturated heterocycles. The van der Waals surface area contributed by atoms with E-state index < -0.39 is 0 Å². The van der Waals surface area contributed by atoms with Crippen LogP contribution in [0.4, 0.5) is 11.4 Å². The second-order valence-corrected chi connectivity index (χ2v) is 7.88. The zero-order valence-corrected chi connectivity index (χ0v) is 17.6. The lowest BCUT2D eigenvalue weighted by molar-refractivity contribution is -0.114. The van der Waals surface area contributed by atoms with Crippen LogP contribution in [0.15, 0.2) is 42.5 Å². The maximum atomic E-state index is 12.5. The van der Waals surface area contributed by atoms with E-state index in [2.05, 4.69) is 16.0 Å². The Kier molecular flexibility index (Phi) is 7.22. The number of ketones is 1. The molecule has 0 atom stereocenters. The molecular formula is C24H29N3O3. The molecule has 0 radical (unpaired) electrons. The number of benzene rings is 2. The van der Waals surface area contributed by atoms with Gasteiger partial charge in [0, 0.05) is 28.5 Å². The van der Waals surface area contributed by atoms with Crippen LogP contribution in [0.5, 0.6) is 0 Å². The minimum Gasteiger partial charge on any atom is -0.376 e. The fourth-order valence-corrected chi connectivity index (χ4v) is 3.72. The number of carbonyl (C=O) groups is 3. The first-order valence-corrected chi connectivity index (χ1v) is 10.5. The largest absolute Gasteiger partial charge is 0.376 e. The molecule has 2 amide bonds. The predicted molar refractivity (Wildman–Crippen MR) is 119 cm³/mol. The van der Waals surface area contributed by atoms with Crippen LogP contribution in [-0.4, -0.2) is 30.2 Å². The fourth-order valence-electron chi connectivity index (χ4n) is 3.72. The molecule has 2 aromatic rings. The number of carbonyl (C=O) groups excluding carboxylic acids is 3. The van der Waals surface area contributed by atoms with Crippen molar-refractivity contribution in [3.05, 3.63) is 59.2 Å². The second-order valence-electron chi connectivity index (χ2n) is 7.88. The van der Waals surface area contributed by atoms with Crippen LogP contribution in [0.2, 0.25) is 0 Å². The molecule has 0 heterocycles. The number of anilines is 2. The van der Waals surface area contributed by atoms with Gasteiger partial charge in [-0.15, -0.1) is 0 Å². The van der Waals surface area contributed by atoms with Crippen molar-refractivity contribution in [2.75, 3.05) is 17.2 Å². The standard InChI is InChI=1S/C24H29N3O3/c1-16-13-19(24(30)27-20-8-4-3-5-9-20)11-12-22(16)25-15-23(29)26-21-10-6-7-18(14-21)17(2)28/h6-7,10-14,20,25H,3-5,8-9,15H2,1-2H3,(H,26,29)(H,27,30). The average Bonchev–Trinajstić information content (AvgIpc) is 2.73. The van der Waals surface area contributed by atoms with Crippen LogP contribution >= 0.6 is 0 Å². The summed E-state index contributed by atoms with van der Waals surface area (Å²) in [6, 6.07) is 12.6. The highest BCUT2D eigenvalue weighted by molar-refractivity contribution is 5.98. The number of nitrogens with one attached hydrogen (secondary N) is 3. The van der Waals surface area contributed by atoms with Gasteiger partial charge < -0.3 is 16.0 Å². The summed E-state index contributed by atoms with van der Waals surface area (Å²) in [6.07, 6.45) is 5.70. The van der Waals surface area contributed by atoms with E-state index in [4.69, 9.17) is 0 Å². The average molecular weight is 408 g/mol. The van der Waals surface area contributed by atoms with Gasteiger partial charge in [0.2, 0.25) is 5.91 Å². The molecule has 0 spiro atoms. The maximum absolute atomic E-state index is 12.5. The molecule has 6 heteroatoms. The van der Waals surface area contributed by atoms with Gasteiger partial charge in [-0.25, -0.2) is 0 Å². The molecule has 2 aromatic carbocycles. The summed E-state index contributed by atoms with van der Waals surface area (Å²) in [5.74, 6) is -0.304. The van der Waals surface area contributed by atoms with Gasteiger partial charge in [0.05, 0.1) is 6.54 Å². The zero-order chi connectivity index (χ0) is 21.5. The summed E-state index contributed by atoms with van der Waals surface area (Å²) >= 11 is 0. The molecule has 3 N–H and O–H groups in total. The molecule has 0 aliphatic heterocycles. The highest BCUT2D eigenvalue weighted by atomic mass is 16.2. The molecular weight excluding hydrogens is 378 g/mol. The van der Waals surface area contributed by atoms with E-state index in [1.807, 2.05) is 19.1 Å². The monoisotopic (exact) mass is 407 g/mol. The van der Waals surface area contributed by atoms with Crippen LogP contribution in [0.1, 0.15) is 65.3 Å². The third-order valence-corrected chi connectivity index (χ3v) is 5.42. The normalized spacial score (nSPS) is 14.1. The number of hydrogen-bond donors (Lipinski definition) is 3. The number of rotatable bonds is 7. The Labute approximate surface area is 177 Å². The Morgan fingerprint density at radius 3 is 2.43 bits per heavy atom. The number of hydrogen-bond acceptors (Lipinski definition) is 4. The van der Waals surface area contributed by atoms with Gasteiger partial charge >= 0.3 is 0 Å². The first-order valence-electron chi connectivity index (χ1n) is 10.5. The Hall–Kier alpha value is -3.15. The van der Waals surface area contributed by atoms with Gasteiger partial charge in [0.1, 0.15) is 0 Å². The van der Waals surface area contributed by atoms with Crippen molar-refractivity contribution in [1.29, 1.82) is 0 Å². The lowest BCUT2D eigenvalue weighted by Gasteiger charge is -2.23. The molecule has 0 aromatic heterocycles. The minimum atomic E-state index is -0.214. The van der Waals surface area contributed by atoms with Crippen LogP contribution in [-0.2, 0) is 4.79 Å². The van der Waals surface area contributed by atoms with E-state index in [0.29, 0.717) is 16.8 Å². The van der Waals surface area contributed by atoms with Crippen molar-refractivity contribution in [2.24, 2.45) is 0 Å². The molecule has 1 saturated carbocycles. The summed E-state index contributed by atoms with van der Waals surface area (Å²) in [6.45, 7) is 3.48. The molecule has 1 aliphatic carbocycles. The molecule has 0 unspecified atom stereocenters. The van der Waals surface area contributed by atoms with Crippen molar-refractivity contribution in [1.82, 2.24) is 5.32 Å². The first-order chi connectivity index (χ1) is 14.4.